The smallest absolute Gasteiger partial charge is 0.245 e. The third-order valence-electron chi connectivity index (χ3n) is 2.24. The standard InChI is InChI=1S/C8H10Cl2N4S/c1-5-4-15-3-2-14(5)7-6(9)12-13-8(10)11-7/h5H,2-4H2,1H3. The zero-order chi connectivity index (χ0) is 10.8. The van der Waals surface area contributed by atoms with Gasteiger partial charge in [0.25, 0.3) is 0 Å². The van der Waals surface area contributed by atoms with Gasteiger partial charge in [0.2, 0.25) is 5.28 Å². The van der Waals surface area contributed by atoms with E-state index in [0.717, 1.165) is 18.1 Å². The Labute approximate surface area is 102 Å². The number of nitrogens with zero attached hydrogens (tertiary/aromatic N) is 4. The van der Waals surface area contributed by atoms with Crippen LogP contribution in [0.1, 0.15) is 6.92 Å². The van der Waals surface area contributed by atoms with Crippen LogP contribution in [0, 0.1) is 0 Å². The molecule has 1 aromatic rings. The Morgan fingerprint density at radius 1 is 1.40 bits per heavy atom. The summed E-state index contributed by atoms with van der Waals surface area (Å²) in [6.45, 7) is 3.05. The fourth-order valence-corrected chi connectivity index (χ4v) is 2.83. The van der Waals surface area contributed by atoms with E-state index >= 15 is 0 Å². The number of thioether (sulfide) groups is 1. The monoisotopic (exact) mass is 264 g/mol. The summed E-state index contributed by atoms with van der Waals surface area (Å²) in [5.74, 6) is 2.78. The second kappa shape index (κ2) is 4.72. The van der Waals surface area contributed by atoms with Crippen LogP contribution < -0.4 is 4.90 Å². The molecule has 4 nitrogen and oxygen atoms in total. The maximum atomic E-state index is 5.95. The molecule has 82 valence electrons. The van der Waals surface area contributed by atoms with Crippen molar-refractivity contribution in [1.82, 2.24) is 15.2 Å². The Balaban J connectivity index is 2.30. The molecule has 2 heterocycles. The summed E-state index contributed by atoms with van der Waals surface area (Å²) >= 11 is 13.6. The lowest BCUT2D eigenvalue weighted by molar-refractivity contribution is 0.684. The van der Waals surface area contributed by atoms with Gasteiger partial charge in [-0.2, -0.15) is 16.7 Å². The van der Waals surface area contributed by atoms with Gasteiger partial charge in [-0.3, -0.25) is 0 Å². The number of halogens is 2. The maximum absolute atomic E-state index is 5.95. The molecule has 0 radical (unpaired) electrons. The van der Waals surface area contributed by atoms with Crippen LogP contribution in [0.4, 0.5) is 5.82 Å². The molecule has 0 spiro atoms. The predicted molar refractivity (Wildman–Crippen MR) is 64.0 cm³/mol. The number of hydrogen-bond donors (Lipinski definition) is 0. The zero-order valence-electron chi connectivity index (χ0n) is 8.15. The molecule has 0 N–H and O–H groups in total. The van der Waals surface area contributed by atoms with E-state index in [2.05, 4.69) is 27.0 Å². The Hall–Kier alpha value is -0.260. The Morgan fingerprint density at radius 2 is 2.20 bits per heavy atom. The van der Waals surface area contributed by atoms with E-state index < -0.39 is 0 Å². The van der Waals surface area contributed by atoms with Crippen LogP contribution >= 0.6 is 35.0 Å². The molecule has 2 rings (SSSR count). The minimum absolute atomic E-state index is 0.139. The molecule has 1 aliphatic rings. The molecule has 0 aromatic carbocycles. The van der Waals surface area contributed by atoms with Crippen molar-refractivity contribution in [2.45, 2.75) is 13.0 Å². The molecule has 7 heteroatoms. The highest BCUT2D eigenvalue weighted by Gasteiger charge is 2.23. The first-order valence-electron chi connectivity index (χ1n) is 4.58. The molecular formula is C8H10Cl2N4S. The molecule has 0 saturated carbocycles. The summed E-state index contributed by atoms with van der Waals surface area (Å²) in [4.78, 5) is 6.25. The van der Waals surface area contributed by atoms with Crippen LogP contribution in [0.25, 0.3) is 0 Å². The molecule has 1 aliphatic heterocycles. The second-order valence-electron chi connectivity index (χ2n) is 3.31. The topological polar surface area (TPSA) is 41.9 Å². The van der Waals surface area contributed by atoms with Gasteiger partial charge >= 0.3 is 0 Å². The van der Waals surface area contributed by atoms with E-state index in [0.29, 0.717) is 17.0 Å². The minimum Gasteiger partial charge on any atom is -0.350 e. The van der Waals surface area contributed by atoms with Crippen molar-refractivity contribution in [3.8, 4) is 0 Å². The fourth-order valence-electron chi connectivity index (χ4n) is 1.51. The number of rotatable bonds is 1. The average molecular weight is 265 g/mol. The van der Waals surface area contributed by atoms with E-state index in [-0.39, 0.29) is 5.28 Å². The number of anilines is 1. The molecule has 0 amide bonds. The Morgan fingerprint density at radius 3 is 2.93 bits per heavy atom. The summed E-state index contributed by atoms with van der Waals surface area (Å²) in [5.41, 5.74) is 0. The number of hydrogen-bond acceptors (Lipinski definition) is 5. The summed E-state index contributed by atoms with van der Waals surface area (Å²) in [7, 11) is 0. The summed E-state index contributed by atoms with van der Waals surface area (Å²) in [5, 5.41) is 7.82. The Bertz CT molecular complexity index is 362. The summed E-state index contributed by atoms with van der Waals surface area (Å²) in [6, 6.07) is 0.397. The first-order valence-corrected chi connectivity index (χ1v) is 6.49. The van der Waals surface area contributed by atoms with Crippen LogP contribution in [0.2, 0.25) is 10.4 Å². The van der Waals surface area contributed by atoms with Crippen LogP contribution in [-0.4, -0.2) is 39.3 Å². The van der Waals surface area contributed by atoms with Crippen molar-refractivity contribution in [2.75, 3.05) is 23.0 Å². The maximum Gasteiger partial charge on any atom is 0.245 e. The van der Waals surface area contributed by atoms with Crippen molar-refractivity contribution >= 4 is 40.8 Å². The molecule has 0 aliphatic carbocycles. The lowest BCUT2D eigenvalue weighted by Crippen LogP contribution is -2.41. The third kappa shape index (κ3) is 2.46. The van der Waals surface area contributed by atoms with Gasteiger partial charge in [-0.1, -0.05) is 11.6 Å². The van der Waals surface area contributed by atoms with Gasteiger partial charge in [-0.15, -0.1) is 10.2 Å². The molecule has 1 unspecified atom stereocenters. The first-order chi connectivity index (χ1) is 7.18. The second-order valence-corrected chi connectivity index (χ2v) is 5.16. The van der Waals surface area contributed by atoms with Crippen LogP contribution in [0.3, 0.4) is 0 Å². The van der Waals surface area contributed by atoms with Crippen LogP contribution in [0.5, 0.6) is 0 Å². The van der Waals surface area contributed by atoms with Gasteiger partial charge in [0.1, 0.15) is 0 Å². The van der Waals surface area contributed by atoms with Gasteiger partial charge < -0.3 is 4.90 Å². The van der Waals surface area contributed by atoms with E-state index in [1.54, 1.807) is 0 Å². The van der Waals surface area contributed by atoms with E-state index in [9.17, 15) is 0 Å². The minimum atomic E-state index is 0.139. The van der Waals surface area contributed by atoms with Crippen molar-refractivity contribution in [2.24, 2.45) is 0 Å². The largest absolute Gasteiger partial charge is 0.350 e. The van der Waals surface area contributed by atoms with E-state index in [4.69, 9.17) is 23.2 Å². The molecule has 1 fully saturated rings. The van der Waals surface area contributed by atoms with E-state index in [1.165, 1.54) is 0 Å². The molecule has 1 atom stereocenters. The highest BCUT2D eigenvalue weighted by molar-refractivity contribution is 7.99. The van der Waals surface area contributed by atoms with Crippen molar-refractivity contribution in [1.29, 1.82) is 0 Å². The SMILES string of the molecule is CC1CSCCN1c1nc(Cl)nnc1Cl. The zero-order valence-corrected chi connectivity index (χ0v) is 10.5. The number of aromatic nitrogens is 3. The van der Waals surface area contributed by atoms with Crippen molar-refractivity contribution < 1.29 is 0 Å². The molecule has 1 saturated heterocycles. The average Bonchev–Trinajstić information content (AvgIpc) is 2.23. The van der Waals surface area contributed by atoms with Crippen molar-refractivity contribution in [3.05, 3.63) is 10.4 Å². The first kappa shape index (κ1) is 11.2. The highest BCUT2D eigenvalue weighted by atomic mass is 35.5. The highest BCUT2D eigenvalue weighted by Crippen LogP contribution is 2.27. The van der Waals surface area contributed by atoms with Gasteiger partial charge in [0.05, 0.1) is 0 Å². The van der Waals surface area contributed by atoms with Crippen LogP contribution in [-0.2, 0) is 0 Å². The van der Waals surface area contributed by atoms with Gasteiger partial charge in [0, 0.05) is 24.1 Å². The van der Waals surface area contributed by atoms with Crippen molar-refractivity contribution in [3.63, 3.8) is 0 Å². The van der Waals surface area contributed by atoms with E-state index in [1.807, 2.05) is 11.8 Å². The molecule has 15 heavy (non-hydrogen) atoms. The summed E-state index contributed by atoms with van der Waals surface area (Å²) < 4.78 is 0. The summed E-state index contributed by atoms with van der Waals surface area (Å²) in [6.07, 6.45) is 0. The third-order valence-corrected chi connectivity index (χ3v) is 3.84. The Kier molecular flexibility index (Phi) is 3.53. The molecule has 0 bridgehead atoms. The molecular weight excluding hydrogens is 255 g/mol. The quantitative estimate of drug-likeness (QED) is 0.778. The molecule has 1 aromatic heterocycles. The van der Waals surface area contributed by atoms with Crippen LogP contribution in [0.15, 0.2) is 0 Å². The fraction of sp³-hybridized carbons (Fsp3) is 0.625. The van der Waals surface area contributed by atoms with Gasteiger partial charge in [0.15, 0.2) is 11.0 Å². The lowest BCUT2D eigenvalue weighted by Gasteiger charge is -2.33. The normalized spacial score (nSPS) is 21.8. The predicted octanol–water partition coefficient (Wildman–Crippen LogP) is 2.12. The van der Waals surface area contributed by atoms with Gasteiger partial charge in [-0.25, -0.2) is 0 Å². The van der Waals surface area contributed by atoms with Gasteiger partial charge in [-0.05, 0) is 18.5 Å². The lowest BCUT2D eigenvalue weighted by atomic mass is 10.3.